The molecule has 0 saturated carbocycles. The summed E-state index contributed by atoms with van der Waals surface area (Å²) in [4.78, 5) is 28.8. The molecule has 0 bridgehead atoms. The molecule has 4 aromatic rings. The molecule has 0 atom stereocenters. The van der Waals surface area contributed by atoms with Gasteiger partial charge in [-0.15, -0.1) is 0 Å². The van der Waals surface area contributed by atoms with Crippen molar-refractivity contribution in [1.29, 1.82) is 0 Å². The molecule has 0 aliphatic carbocycles. The number of ketones is 1. The molecule has 1 aromatic heterocycles. The highest BCUT2D eigenvalue weighted by atomic mass is 32.2. The molecule has 0 saturated heterocycles. The zero-order valence-electron chi connectivity index (χ0n) is 18.5. The Morgan fingerprint density at radius 3 is 2.23 bits per heavy atom. The van der Waals surface area contributed by atoms with E-state index in [0.29, 0.717) is 23.4 Å². The highest BCUT2D eigenvalue weighted by Gasteiger charge is 2.16. The number of carbonyl (C=O) groups is 2. The van der Waals surface area contributed by atoms with Gasteiger partial charge in [-0.3, -0.25) is 14.5 Å². The number of urea groups is 1. The lowest BCUT2D eigenvalue weighted by molar-refractivity contribution is 0.103. The highest BCUT2D eigenvalue weighted by Crippen LogP contribution is 2.20. The molecule has 8 nitrogen and oxygen atoms in total. The number of pyridine rings is 1. The van der Waals surface area contributed by atoms with Crippen LogP contribution in [0.5, 0.6) is 0 Å². The molecule has 35 heavy (non-hydrogen) atoms. The van der Waals surface area contributed by atoms with E-state index in [1.165, 1.54) is 30.3 Å². The summed E-state index contributed by atoms with van der Waals surface area (Å²) in [6.07, 6.45) is 3.30. The van der Waals surface area contributed by atoms with Gasteiger partial charge in [0.15, 0.2) is 5.78 Å². The van der Waals surface area contributed by atoms with Gasteiger partial charge in [0.1, 0.15) is 0 Å². The predicted octanol–water partition coefficient (Wildman–Crippen LogP) is 4.44. The first-order valence-corrected chi connectivity index (χ1v) is 12.2. The van der Waals surface area contributed by atoms with Crippen LogP contribution in [0.1, 0.15) is 21.5 Å². The first-order valence-electron chi connectivity index (χ1n) is 10.7. The van der Waals surface area contributed by atoms with E-state index in [1.807, 2.05) is 12.1 Å². The maximum atomic E-state index is 12.8. The van der Waals surface area contributed by atoms with Crippen LogP contribution in [0, 0.1) is 0 Å². The number of aromatic nitrogens is 1. The average molecular weight is 487 g/mol. The van der Waals surface area contributed by atoms with Crippen LogP contribution in [0.4, 0.5) is 16.2 Å². The molecule has 3 N–H and O–H groups in total. The van der Waals surface area contributed by atoms with Crippen LogP contribution in [0.15, 0.2) is 108 Å². The van der Waals surface area contributed by atoms with Gasteiger partial charge < -0.3 is 10.6 Å². The number of hydrogen-bond donors (Lipinski definition) is 3. The van der Waals surface area contributed by atoms with Gasteiger partial charge in [-0.2, -0.15) is 0 Å². The van der Waals surface area contributed by atoms with Crippen LogP contribution in [0.25, 0.3) is 0 Å². The SMILES string of the molecule is O=C(NCc1cccnc1)Nc1ccc(S(=O)(=O)Nc2cccc(C(=O)c3ccccc3)c2)cc1. The lowest BCUT2D eigenvalue weighted by atomic mass is 10.0. The van der Waals surface area contributed by atoms with Gasteiger partial charge in [-0.25, -0.2) is 13.2 Å². The van der Waals surface area contributed by atoms with E-state index in [2.05, 4.69) is 20.3 Å². The van der Waals surface area contributed by atoms with Gasteiger partial charge in [0, 0.05) is 41.4 Å². The Kier molecular flexibility index (Phi) is 7.18. The Hall–Kier alpha value is -4.50. The smallest absolute Gasteiger partial charge is 0.319 e. The number of benzene rings is 3. The Bertz CT molecular complexity index is 1430. The van der Waals surface area contributed by atoms with E-state index in [1.54, 1.807) is 60.9 Å². The van der Waals surface area contributed by atoms with E-state index in [4.69, 9.17) is 0 Å². The largest absolute Gasteiger partial charge is 0.334 e. The number of nitrogens with zero attached hydrogens (tertiary/aromatic N) is 1. The van der Waals surface area contributed by atoms with Crippen LogP contribution >= 0.6 is 0 Å². The summed E-state index contributed by atoms with van der Waals surface area (Å²) in [7, 11) is -3.91. The second-order valence-corrected chi connectivity index (χ2v) is 9.26. The van der Waals surface area contributed by atoms with Crippen molar-refractivity contribution in [2.24, 2.45) is 0 Å². The molecule has 0 spiro atoms. The van der Waals surface area contributed by atoms with Crippen LogP contribution in [-0.4, -0.2) is 25.2 Å². The van der Waals surface area contributed by atoms with Gasteiger partial charge in [0.2, 0.25) is 0 Å². The van der Waals surface area contributed by atoms with Crippen molar-refractivity contribution in [2.75, 3.05) is 10.0 Å². The van der Waals surface area contributed by atoms with E-state index in [-0.39, 0.29) is 16.4 Å². The number of hydrogen-bond acceptors (Lipinski definition) is 5. The Balaban J connectivity index is 1.39. The molecule has 3 aromatic carbocycles. The van der Waals surface area contributed by atoms with E-state index < -0.39 is 16.1 Å². The van der Waals surface area contributed by atoms with Gasteiger partial charge >= 0.3 is 6.03 Å². The standard InChI is InChI=1S/C26H22N4O4S/c31-25(20-7-2-1-3-8-20)21-9-4-10-23(16-21)30-35(33,34)24-13-11-22(12-14-24)29-26(32)28-18-19-6-5-15-27-17-19/h1-17,30H,18H2,(H2,28,29,32). The second-order valence-electron chi connectivity index (χ2n) is 7.57. The number of amides is 2. The van der Waals surface area contributed by atoms with Crippen molar-refractivity contribution < 1.29 is 18.0 Å². The first kappa shape index (κ1) is 23.7. The lowest BCUT2D eigenvalue weighted by Crippen LogP contribution is -2.28. The molecule has 2 amide bonds. The van der Waals surface area contributed by atoms with Crippen LogP contribution in [0.2, 0.25) is 0 Å². The molecule has 0 fully saturated rings. The normalized spacial score (nSPS) is 10.9. The molecule has 1 heterocycles. The summed E-state index contributed by atoms with van der Waals surface area (Å²) >= 11 is 0. The molecule has 0 radical (unpaired) electrons. The van der Waals surface area contributed by atoms with Crippen molar-refractivity contribution in [3.63, 3.8) is 0 Å². The maximum absolute atomic E-state index is 12.8. The van der Waals surface area contributed by atoms with Crippen LogP contribution in [-0.2, 0) is 16.6 Å². The third kappa shape index (κ3) is 6.30. The molecule has 0 aliphatic heterocycles. The fraction of sp³-hybridized carbons (Fsp3) is 0.0385. The number of nitrogens with one attached hydrogen (secondary N) is 3. The van der Waals surface area contributed by atoms with Gasteiger partial charge in [-0.05, 0) is 48.0 Å². The van der Waals surface area contributed by atoms with Crippen molar-refractivity contribution in [1.82, 2.24) is 10.3 Å². The number of rotatable bonds is 8. The van der Waals surface area contributed by atoms with Crippen molar-refractivity contribution in [2.45, 2.75) is 11.4 Å². The second kappa shape index (κ2) is 10.6. The number of sulfonamides is 1. The van der Waals surface area contributed by atoms with Crippen molar-refractivity contribution >= 4 is 33.2 Å². The molecular formula is C26H22N4O4S. The van der Waals surface area contributed by atoms with Gasteiger partial charge in [-0.1, -0.05) is 48.5 Å². The fourth-order valence-corrected chi connectivity index (χ4v) is 4.32. The number of carbonyl (C=O) groups excluding carboxylic acids is 2. The Morgan fingerprint density at radius 2 is 1.51 bits per heavy atom. The summed E-state index contributed by atoms with van der Waals surface area (Å²) < 4.78 is 28.2. The average Bonchev–Trinajstić information content (AvgIpc) is 2.88. The Morgan fingerprint density at radius 1 is 0.771 bits per heavy atom. The number of anilines is 2. The monoisotopic (exact) mass is 486 g/mol. The van der Waals surface area contributed by atoms with Crippen molar-refractivity contribution in [3.8, 4) is 0 Å². The Labute approximate surface area is 203 Å². The summed E-state index contributed by atoms with van der Waals surface area (Å²) in [5, 5.41) is 5.36. The zero-order valence-corrected chi connectivity index (χ0v) is 19.3. The minimum Gasteiger partial charge on any atom is -0.334 e. The van der Waals surface area contributed by atoms with Gasteiger partial charge in [0.05, 0.1) is 4.90 Å². The molecule has 0 aliphatic rings. The fourth-order valence-electron chi connectivity index (χ4n) is 3.27. The molecule has 176 valence electrons. The first-order chi connectivity index (χ1) is 16.9. The topological polar surface area (TPSA) is 117 Å². The molecule has 0 unspecified atom stereocenters. The van der Waals surface area contributed by atoms with E-state index in [0.717, 1.165) is 5.56 Å². The molecule has 4 rings (SSSR count). The molecular weight excluding hydrogens is 464 g/mol. The third-order valence-corrected chi connectivity index (χ3v) is 6.41. The minimum absolute atomic E-state index is 0.0126. The zero-order chi connectivity index (χ0) is 24.7. The lowest BCUT2D eigenvalue weighted by Gasteiger charge is -2.11. The van der Waals surface area contributed by atoms with E-state index >= 15 is 0 Å². The predicted molar refractivity (Wildman–Crippen MR) is 134 cm³/mol. The minimum atomic E-state index is -3.91. The summed E-state index contributed by atoms with van der Waals surface area (Å²) in [6.45, 7) is 0.307. The van der Waals surface area contributed by atoms with Crippen molar-refractivity contribution in [3.05, 3.63) is 120 Å². The van der Waals surface area contributed by atoms with Gasteiger partial charge in [0.25, 0.3) is 10.0 Å². The highest BCUT2D eigenvalue weighted by molar-refractivity contribution is 7.92. The maximum Gasteiger partial charge on any atom is 0.319 e. The summed E-state index contributed by atoms with van der Waals surface area (Å²) in [6, 6.07) is 24.0. The third-order valence-electron chi connectivity index (χ3n) is 5.01. The summed E-state index contributed by atoms with van der Waals surface area (Å²) in [5.74, 6) is -0.205. The van der Waals surface area contributed by atoms with Crippen LogP contribution in [0.3, 0.4) is 0 Å². The van der Waals surface area contributed by atoms with Crippen LogP contribution < -0.4 is 15.4 Å². The van der Waals surface area contributed by atoms with E-state index in [9.17, 15) is 18.0 Å². The quantitative estimate of drug-likeness (QED) is 0.319. The molecule has 9 heteroatoms. The summed E-state index contributed by atoms with van der Waals surface area (Å²) in [5.41, 5.74) is 2.44.